The minimum Gasteiger partial charge on any atom is -0.493 e. The third-order valence-electron chi connectivity index (χ3n) is 7.21. The summed E-state index contributed by atoms with van der Waals surface area (Å²) >= 11 is 0. The van der Waals surface area contributed by atoms with Gasteiger partial charge in [-0.15, -0.1) is 0 Å². The van der Waals surface area contributed by atoms with Crippen LogP contribution in [0.25, 0.3) is 0 Å². The topological polar surface area (TPSA) is 55.6 Å². The molecule has 2 N–H and O–H groups in total. The van der Waals surface area contributed by atoms with E-state index in [1.54, 1.807) is 0 Å². The molecular weight excluding hydrogens is 396 g/mol. The maximum absolute atomic E-state index is 13.2. The lowest BCUT2D eigenvalue weighted by Gasteiger charge is -2.37. The highest BCUT2D eigenvalue weighted by Crippen LogP contribution is 2.43. The Morgan fingerprint density at radius 2 is 1.69 bits per heavy atom. The van der Waals surface area contributed by atoms with E-state index in [0.29, 0.717) is 0 Å². The molecule has 0 radical (unpaired) electrons. The minimum absolute atomic E-state index is 0.133. The van der Waals surface area contributed by atoms with Gasteiger partial charge in [0.05, 0.1) is 6.61 Å². The molecule has 1 amide bonds. The lowest BCUT2D eigenvalue weighted by Crippen LogP contribution is -2.49. The molecule has 2 heterocycles. The van der Waals surface area contributed by atoms with Crippen LogP contribution >= 0.6 is 0 Å². The second kappa shape index (κ2) is 8.79. The molecule has 1 saturated heterocycles. The van der Waals surface area contributed by atoms with Gasteiger partial charge in [-0.05, 0) is 53.6 Å². The van der Waals surface area contributed by atoms with Crippen molar-refractivity contribution in [1.29, 1.82) is 0 Å². The Hall–Kier alpha value is -3.11. The molecule has 32 heavy (non-hydrogen) atoms. The maximum atomic E-state index is 13.2. The number of nitrogens with two attached hydrogens (primary N) is 1. The quantitative estimate of drug-likeness (QED) is 0.622. The molecule has 2 aliphatic rings. The highest BCUT2D eigenvalue weighted by molar-refractivity contribution is 5.91. The normalized spacial score (nSPS) is 18.3. The van der Waals surface area contributed by atoms with Gasteiger partial charge in [0.1, 0.15) is 11.2 Å². The van der Waals surface area contributed by atoms with E-state index in [0.717, 1.165) is 62.4 Å². The highest BCUT2D eigenvalue weighted by Gasteiger charge is 2.49. The number of rotatable bonds is 7. The fourth-order valence-corrected chi connectivity index (χ4v) is 5.57. The van der Waals surface area contributed by atoms with Crippen LogP contribution in [0.3, 0.4) is 0 Å². The number of benzene rings is 3. The van der Waals surface area contributed by atoms with Crippen LogP contribution in [0.5, 0.6) is 5.75 Å². The van der Waals surface area contributed by atoms with Crippen LogP contribution in [-0.2, 0) is 23.1 Å². The lowest BCUT2D eigenvalue weighted by atomic mass is 9.64. The van der Waals surface area contributed by atoms with Gasteiger partial charge >= 0.3 is 0 Å². The lowest BCUT2D eigenvalue weighted by molar-refractivity contribution is -0.123. The second-order valence-electron chi connectivity index (χ2n) is 8.98. The summed E-state index contributed by atoms with van der Waals surface area (Å²) < 4.78 is 5.73. The molecule has 1 fully saturated rings. The molecule has 2 aliphatic heterocycles. The molecule has 1 atom stereocenters. The Labute approximate surface area is 190 Å². The van der Waals surface area contributed by atoms with Crippen molar-refractivity contribution in [2.75, 3.05) is 26.2 Å². The third-order valence-corrected chi connectivity index (χ3v) is 7.21. The van der Waals surface area contributed by atoms with E-state index >= 15 is 0 Å². The van der Waals surface area contributed by atoms with E-state index in [2.05, 4.69) is 23.1 Å². The van der Waals surface area contributed by atoms with Gasteiger partial charge in [-0.1, -0.05) is 72.8 Å². The highest BCUT2D eigenvalue weighted by atomic mass is 16.5. The number of hydrogen-bond acceptors (Lipinski definition) is 3. The first-order valence-electron chi connectivity index (χ1n) is 11.6. The van der Waals surface area contributed by atoms with Gasteiger partial charge in [-0.3, -0.25) is 4.79 Å². The molecule has 0 unspecified atom stereocenters. The van der Waals surface area contributed by atoms with E-state index in [1.165, 1.54) is 11.1 Å². The molecule has 3 aromatic rings. The number of carbonyl (C=O) groups is 1. The molecule has 5 rings (SSSR count). The van der Waals surface area contributed by atoms with E-state index < -0.39 is 5.41 Å². The van der Waals surface area contributed by atoms with Crippen LogP contribution in [0.2, 0.25) is 0 Å². The van der Waals surface area contributed by atoms with Gasteiger partial charge in [-0.2, -0.15) is 0 Å². The summed E-state index contributed by atoms with van der Waals surface area (Å²) in [5.74, 6) is 0.911. The fourth-order valence-electron chi connectivity index (χ4n) is 5.57. The average molecular weight is 427 g/mol. The van der Waals surface area contributed by atoms with Gasteiger partial charge in [0.15, 0.2) is 0 Å². The summed E-state index contributed by atoms with van der Waals surface area (Å²) in [7, 11) is 0. The molecule has 4 heteroatoms. The van der Waals surface area contributed by atoms with Gasteiger partial charge in [-0.25, -0.2) is 0 Å². The zero-order valence-electron chi connectivity index (χ0n) is 18.4. The van der Waals surface area contributed by atoms with Gasteiger partial charge in [0.25, 0.3) is 0 Å². The number of likely N-dealkylation sites (tertiary alicyclic amines) is 1. The SMILES string of the molecule is NC(=O)C(c1ccccc1)(c1ccccc1)[C@H]1CCN(CCc2ccc3c(c2)OCC3)C1. The van der Waals surface area contributed by atoms with Crippen LogP contribution in [0.4, 0.5) is 0 Å². The molecule has 0 bridgehead atoms. The summed E-state index contributed by atoms with van der Waals surface area (Å²) in [5.41, 5.74) is 9.98. The van der Waals surface area contributed by atoms with Gasteiger partial charge in [0, 0.05) is 19.5 Å². The number of ether oxygens (including phenoxy) is 1. The van der Waals surface area contributed by atoms with E-state index in [1.807, 2.05) is 60.7 Å². The van der Waals surface area contributed by atoms with Crippen LogP contribution in [0.1, 0.15) is 28.7 Å². The Morgan fingerprint density at radius 1 is 1.00 bits per heavy atom. The van der Waals surface area contributed by atoms with Crippen molar-refractivity contribution in [3.63, 3.8) is 0 Å². The number of amides is 1. The van der Waals surface area contributed by atoms with Crippen molar-refractivity contribution in [2.45, 2.75) is 24.7 Å². The average Bonchev–Trinajstić information content (AvgIpc) is 3.49. The Morgan fingerprint density at radius 3 is 2.34 bits per heavy atom. The van der Waals surface area contributed by atoms with Crippen molar-refractivity contribution in [2.24, 2.45) is 11.7 Å². The van der Waals surface area contributed by atoms with Gasteiger partial charge in [0.2, 0.25) is 5.91 Å². The van der Waals surface area contributed by atoms with Crippen LogP contribution in [-0.4, -0.2) is 37.0 Å². The van der Waals surface area contributed by atoms with Crippen molar-refractivity contribution in [3.8, 4) is 5.75 Å². The first kappa shape index (κ1) is 20.8. The van der Waals surface area contributed by atoms with Crippen molar-refractivity contribution in [1.82, 2.24) is 4.90 Å². The number of primary amides is 1. The molecular formula is C28H30N2O2. The Kier molecular flexibility index (Phi) is 5.71. The molecule has 0 saturated carbocycles. The molecule has 4 nitrogen and oxygen atoms in total. The summed E-state index contributed by atoms with van der Waals surface area (Å²) in [4.78, 5) is 15.7. The van der Waals surface area contributed by atoms with E-state index in [-0.39, 0.29) is 11.8 Å². The first-order valence-corrected chi connectivity index (χ1v) is 11.6. The molecule has 164 valence electrons. The number of hydrogen-bond donors (Lipinski definition) is 1. The summed E-state index contributed by atoms with van der Waals surface area (Å²) in [6, 6.07) is 26.8. The molecule has 3 aromatic carbocycles. The zero-order valence-corrected chi connectivity index (χ0v) is 18.4. The Bertz CT molecular complexity index is 1040. The zero-order chi connectivity index (χ0) is 22.0. The summed E-state index contributed by atoms with van der Waals surface area (Å²) in [6.07, 6.45) is 2.93. The predicted octanol–water partition coefficient (Wildman–Crippen LogP) is 3.96. The maximum Gasteiger partial charge on any atom is 0.232 e. The number of fused-ring (bicyclic) bond motifs is 1. The van der Waals surface area contributed by atoms with Crippen LogP contribution < -0.4 is 10.5 Å². The standard InChI is InChI=1S/C28H30N2O2/c29-27(31)28(23-7-3-1-4-8-23,24-9-5-2-6-10-24)25-14-17-30(20-25)16-13-21-11-12-22-15-18-32-26(22)19-21/h1-12,19,25H,13-18,20H2,(H2,29,31)/t25-/m0/s1. The summed E-state index contributed by atoms with van der Waals surface area (Å²) in [5, 5.41) is 0. The molecule has 0 aromatic heterocycles. The smallest absolute Gasteiger partial charge is 0.232 e. The Balaban J connectivity index is 1.38. The summed E-state index contributed by atoms with van der Waals surface area (Å²) in [6.45, 7) is 3.59. The van der Waals surface area contributed by atoms with Crippen LogP contribution in [0, 0.1) is 5.92 Å². The predicted molar refractivity (Wildman–Crippen MR) is 127 cm³/mol. The molecule has 0 aliphatic carbocycles. The van der Waals surface area contributed by atoms with E-state index in [9.17, 15) is 4.79 Å². The van der Waals surface area contributed by atoms with E-state index in [4.69, 9.17) is 10.5 Å². The van der Waals surface area contributed by atoms with Gasteiger partial charge < -0.3 is 15.4 Å². The second-order valence-corrected chi connectivity index (χ2v) is 8.98. The molecule has 0 spiro atoms. The third kappa shape index (κ3) is 3.69. The largest absolute Gasteiger partial charge is 0.493 e. The monoisotopic (exact) mass is 426 g/mol. The van der Waals surface area contributed by atoms with Crippen molar-refractivity contribution >= 4 is 5.91 Å². The first-order chi connectivity index (χ1) is 15.7. The minimum atomic E-state index is -0.821. The van der Waals surface area contributed by atoms with Crippen molar-refractivity contribution in [3.05, 3.63) is 101 Å². The fraction of sp³-hybridized carbons (Fsp3) is 0.321. The number of nitrogens with zero attached hydrogens (tertiary/aromatic N) is 1. The number of carbonyl (C=O) groups excluding carboxylic acids is 1. The van der Waals surface area contributed by atoms with Crippen LogP contribution in [0.15, 0.2) is 78.9 Å². The van der Waals surface area contributed by atoms with Crippen molar-refractivity contribution < 1.29 is 9.53 Å².